The fraction of sp³-hybridized carbons (Fsp3) is 0.200. The van der Waals surface area contributed by atoms with Gasteiger partial charge < -0.3 is 15.4 Å². The summed E-state index contributed by atoms with van der Waals surface area (Å²) in [6.45, 7) is 5.68. The number of para-hydroxylation sites is 2. The minimum atomic E-state index is -0.411. The van der Waals surface area contributed by atoms with Gasteiger partial charge in [0, 0.05) is 6.92 Å². The quantitative estimate of drug-likeness (QED) is 0.792. The molecule has 5 heteroatoms. The molecule has 5 nitrogen and oxygen atoms in total. The van der Waals surface area contributed by atoms with Crippen molar-refractivity contribution >= 4 is 23.6 Å². The Balaban J connectivity index is 2.31. The number of benzene rings is 2. The Hall–Kier alpha value is -3.08. The molecule has 130 valence electrons. The molecule has 2 amide bonds. The molecular formula is C20H22N2O3. The van der Waals surface area contributed by atoms with Gasteiger partial charge in [0.1, 0.15) is 11.4 Å². The molecule has 0 aliphatic heterocycles. The van der Waals surface area contributed by atoms with Gasteiger partial charge in [-0.15, -0.1) is 0 Å². The molecule has 0 fully saturated rings. The van der Waals surface area contributed by atoms with E-state index in [1.54, 1.807) is 24.3 Å². The Morgan fingerprint density at radius 2 is 1.76 bits per heavy atom. The van der Waals surface area contributed by atoms with E-state index in [9.17, 15) is 9.59 Å². The molecule has 0 bridgehead atoms. The van der Waals surface area contributed by atoms with Crippen LogP contribution in [0.15, 0.2) is 54.2 Å². The second-order valence-electron chi connectivity index (χ2n) is 5.48. The van der Waals surface area contributed by atoms with E-state index in [1.165, 1.54) is 6.92 Å². The monoisotopic (exact) mass is 338 g/mol. The maximum absolute atomic E-state index is 12.7. The van der Waals surface area contributed by atoms with E-state index in [2.05, 4.69) is 10.6 Å². The second-order valence-corrected chi connectivity index (χ2v) is 5.48. The average molecular weight is 338 g/mol. The maximum atomic E-state index is 12.7. The Kier molecular flexibility index (Phi) is 6.34. The lowest BCUT2D eigenvalue weighted by molar-refractivity contribution is -0.120. The molecule has 0 saturated heterocycles. The van der Waals surface area contributed by atoms with Gasteiger partial charge in [-0.05, 0) is 43.2 Å². The Morgan fingerprint density at radius 3 is 2.44 bits per heavy atom. The summed E-state index contributed by atoms with van der Waals surface area (Å²) in [4.78, 5) is 24.2. The minimum Gasteiger partial charge on any atom is -0.492 e. The fourth-order valence-electron chi connectivity index (χ4n) is 2.29. The number of ether oxygens (including phenoxy) is 1. The van der Waals surface area contributed by atoms with Crippen molar-refractivity contribution in [1.29, 1.82) is 0 Å². The van der Waals surface area contributed by atoms with Crippen LogP contribution in [0, 0.1) is 6.92 Å². The third-order valence-electron chi connectivity index (χ3n) is 3.48. The third-order valence-corrected chi connectivity index (χ3v) is 3.48. The zero-order valence-corrected chi connectivity index (χ0v) is 14.6. The molecule has 0 aliphatic rings. The van der Waals surface area contributed by atoms with Gasteiger partial charge in [0.05, 0.1) is 12.3 Å². The molecule has 0 unspecified atom stereocenters. The van der Waals surface area contributed by atoms with Crippen LogP contribution in [0.4, 0.5) is 5.69 Å². The van der Waals surface area contributed by atoms with Gasteiger partial charge in [-0.2, -0.15) is 0 Å². The predicted molar refractivity (Wildman–Crippen MR) is 99.2 cm³/mol. The molecular weight excluding hydrogens is 316 g/mol. The number of hydrogen-bond donors (Lipinski definition) is 2. The van der Waals surface area contributed by atoms with Crippen LogP contribution in [0.1, 0.15) is 25.0 Å². The Labute approximate surface area is 147 Å². The molecule has 2 aromatic rings. The lowest BCUT2D eigenvalue weighted by Gasteiger charge is -2.13. The number of carbonyl (C=O) groups is 2. The zero-order chi connectivity index (χ0) is 18.2. The van der Waals surface area contributed by atoms with Gasteiger partial charge >= 0.3 is 0 Å². The fourth-order valence-corrected chi connectivity index (χ4v) is 2.29. The zero-order valence-electron chi connectivity index (χ0n) is 14.6. The first-order valence-electron chi connectivity index (χ1n) is 8.09. The average Bonchev–Trinajstić information content (AvgIpc) is 2.58. The predicted octanol–water partition coefficient (Wildman–Crippen LogP) is 3.51. The van der Waals surface area contributed by atoms with Crippen molar-refractivity contribution in [2.24, 2.45) is 0 Å². The van der Waals surface area contributed by atoms with Crippen molar-refractivity contribution in [2.45, 2.75) is 20.8 Å². The standard InChI is InChI=1S/C20H22N2O3/c1-4-25-19-12-8-7-11-17(19)22-20(24)18(21-15(3)23)13-16-10-6-5-9-14(16)2/h5-13H,4H2,1-3H3,(H,21,23)(H,22,24). The number of hydrogen-bond acceptors (Lipinski definition) is 3. The van der Waals surface area contributed by atoms with E-state index in [0.29, 0.717) is 18.0 Å². The number of rotatable bonds is 6. The van der Waals surface area contributed by atoms with Crippen LogP contribution < -0.4 is 15.4 Å². The van der Waals surface area contributed by atoms with Crippen LogP contribution in [0.3, 0.4) is 0 Å². The molecule has 0 heterocycles. The Bertz CT molecular complexity index is 797. The highest BCUT2D eigenvalue weighted by molar-refractivity contribution is 6.09. The van der Waals surface area contributed by atoms with Crippen LogP contribution in [-0.4, -0.2) is 18.4 Å². The van der Waals surface area contributed by atoms with Gasteiger partial charge in [0.25, 0.3) is 5.91 Å². The first-order chi connectivity index (χ1) is 12.0. The van der Waals surface area contributed by atoms with E-state index < -0.39 is 5.91 Å². The van der Waals surface area contributed by atoms with Gasteiger partial charge in [-0.3, -0.25) is 9.59 Å². The topological polar surface area (TPSA) is 67.4 Å². The van der Waals surface area contributed by atoms with Gasteiger partial charge in [-0.25, -0.2) is 0 Å². The Morgan fingerprint density at radius 1 is 1.08 bits per heavy atom. The van der Waals surface area contributed by atoms with E-state index >= 15 is 0 Å². The van der Waals surface area contributed by atoms with E-state index in [4.69, 9.17) is 4.74 Å². The van der Waals surface area contributed by atoms with Crippen LogP contribution in [0.2, 0.25) is 0 Å². The summed E-state index contributed by atoms with van der Waals surface area (Å²) in [5.74, 6) is -0.143. The molecule has 2 rings (SSSR count). The van der Waals surface area contributed by atoms with Crippen molar-refractivity contribution in [3.8, 4) is 5.75 Å². The van der Waals surface area contributed by atoms with Crippen LogP contribution in [0.25, 0.3) is 6.08 Å². The smallest absolute Gasteiger partial charge is 0.272 e. The minimum absolute atomic E-state index is 0.174. The number of anilines is 1. The highest BCUT2D eigenvalue weighted by Gasteiger charge is 2.14. The lowest BCUT2D eigenvalue weighted by Crippen LogP contribution is -2.29. The molecule has 2 aromatic carbocycles. The van der Waals surface area contributed by atoms with Crippen LogP contribution in [0.5, 0.6) is 5.75 Å². The van der Waals surface area contributed by atoms with Crippen LogP contribution >= 0.6 is 0 Å². The third kappa shape index (κ3) is 5.21. The lowest BCUT2D eigenvalue weighted by atomic mass is 10.1. The van der Waals surface area contributed by atoms with Crippen molar-refractivity contribution in [3.05, 3.63) is 65.4 Å². The summed E-state index contributed by atoms with van der Waals surface area (Å²) < 4.78 is 5.51. The second kappa shape index (κ2) is 8.68. The number of nitrogens with one attached hydrogen (secondary N) is 2. The SMILES string of the molecule is CCOc1ccccc1NC(=O)C(=Cc1ccccc1C)NC(C)=O. The number of amides is 2. The molecule has 25 heavy (non-hydrogen) atoms. The molecule has 0 spiro atoms. The normalized spacial score (nSPS) is 10.9. The van der Waals surface area contributed by atoms with Crippen molar-refractivity contribution in [3.63, 3.8) is 0 Å². The molecule has 0 atom stereocenters. The number of aryl methyl sites for hydroxylation is 1. The highest BCUT2D eigenvalue weighted by atomic mass is 16.5. The summed E-state index contributed by atoms with van der Waals surface area (Å²) in [6.07, 6.45) is 1.66. The summed E-state index contributed by atoms with van der Waals surface area (Å²) in [5.41, 5.74) is 2.59. The van der Waals surface area contributed by atoms with Gasteiger partial charge in [0.2, 0.25) is 5.91 Å². The molecule has 0 radical (unpaired) electrons. The summed E-state index contributed by atoms with van der Waals surface area (Å²) in [6, 6.07) is 14.8. The first-order valence-corrected chi connectivity index (χ1v) is 8.09. The maximum Gasteiger partial charge on any atom is 0.272 e. The van der Waals surface area contributed by atoms with Gasteiger partial charge in [0.15, 0.2) is 0 Å². The molecule has 0 saturated carbocycles. The van der Waals surface area contributed by atoms with Crippen molar-refractivity contribution in [1.82, 2.24) is 5.32 Å². The summed E-state index contributed by atoms with van der Waals surface area (Å²) in [7, 11) is 0. The van der Waals surface area contributed by atoms with E-state index in [0.717, 1.165) is 11.1 Å². The van der Waals surface area contributed by atoms with Crippen LogP contribution in [-0.2, 0) is 9.59 Å². The largest absolute Gasteiger partial charge is 0.492 e. The number of carbonyl (C=O) groups excluding carboxylic acids is 2. The highest BCUT2D eigenvalue weighted by Crippen LogP contribution is 2.24. The van der Waals surface area contributed by atoms with E-state index in [1.807, 2.05) is 44.2 Å². The molecule has 0 aliphatic carbocycles. The van der Waals surface area contributed by atoms with Crippen molar-refractivity contribution < 1.29 is 14.3 Å². The molecule has 2 N–H and O–H groups in total. The summed E-state index contributed by atoms with van der Waals surface area (Å²) in [5, 5.41) is 5.39. The summed E-state index contributed by atoms with van der Waals surface area (Å²) >= 11 is 0. The van der Waals surface area contributed by atoms with E-state index in [-0.39, 0.29) is 11.6 Å². The van der Waals surface area contributed by atoms with Crippen molar-refractivity contribution in [2.75, 3.05) is 11.9 Å². The molecule has 0 aromatic heterocycles. The van der Waals surface area contributed by atoms with Gasteiger partial charge in [-0.1, -0.05) is 36.4 Å². The first kappa shape index (κ1) is 18.3.